The van der Waals surface area contributed by atoms with Gasteiger partial charge in [-0.15, -0.1) is 5.10 Å². The maximum absolute atomic E-state index is 15.1. The molecule has 3 aromatic rings. The molecule has 1 N–H and O–H groups in total. The van der Waals surface area contributed by atoms with E-state index in [2.05, 4.69) is 26.8 Å². The van der Waals surface area contributed by atoms with Crippen molar-refractivity contribution in [2.75, 3.05) is 38.0 Å². The number of likely N-dealkylation sites (tertiary alicyclic amines) is 2. The van der Waals surface area contributed by atoms with Gasteiger partial charge in [-0.05, 0) is 32.8 Å². The SMILES string of the molecule is CCNc1cc(-c2nnn(C3CCN(C(=O)C4(F)CN(C(=O)CC)C4)CC3)c2C)cn2ncc(C#N)c12. The second-order valence-corrected chi connectivity index (χ2v) is 9.70. The molecule has 12 heteroatoms. The second kappa shape index (κ2) is 9.46. The van der Waals surface area contributed by atoms with Crippen LogP contribution in [-0.2, 0) is 9.59 Å². The first-order chi connectivity index (χ1) is 17.8. The molecule has 2 fully saturated rings. The Labute approximate surface area is 213 Å². The highest BCUT2D eigenvalue weighted by Crippen LogP contribution is 2.33. The first kappa shape index (κ1) is 24.7. The fraction of sp³-hybridized carbons (Fsp3) is 0.520. The number of rotatable bonds is 6. The molecular formula is C25H30FN9O2. The molecule has 11 nitrogen and oxygen atoms in total. The number of carbonyl (C=O) groups is 2. The first-order valence-corrected chi connectivity index (χ1v) is 12.6. The van der Waals surface area contributed by atoms with Crippen molar-refractivity contribution >= 4 is 23.0 Å². The number of hydrogen-bond donors (Lipinski definition) is 1. The van der Waals surface area contributed by atoms with Crippen LogP contribution in [0.4, 0.5) is 10.1 Å². The molecule has 2 aliphatic rings. The van der Waals surface area contributed by atoms with Gasteiger partial charge in [-0.25, -0.2) is 13.6 Å². The van der Waals surface area contributed by atoms with Gasteiger partial charge in [0.05, 0.1) is 42.3 Å². The van der Waals surface area contributed by atoms with Crippen molar-refractivity contribution in [2.24, 2.45) is 0 Å². The first-order valence-electron chi connectivity index (χ1n) is 12.6. The smallest absolute Gasteiger partial charge is 0.264 e. The molecule has 37 heavy (non-hydrogen) atoms. The highest BCUT2D eigenvalue weighted by Gasteiger charge is 2.53. The van der Waals surface area contributed by atoms with Gasteiger partial charge in [-0.3, -0.25) is 9.59 Å². The van der Waals surface area contributed by atoms with E-state index in [1.807, 2.05) is 30.8 Å². The van der Waals surface area contributed by atoms with Crippen LogP contribution in [0.25, 0.3) is 16.8 Å². The predicted molar refractivity (Wildman–Crippen MR) is 133 cm³/mol. The zero-order valence-electron chi connectivity index (χ0n) is 21.2. The summed E-state index contributed by atoms with van der Waals surface area (Å²) in [5, 5.41) is 25.9. The molecule has 0 aliphatic carbocycles. The number of alkyl halides is 1. The van der Waals surface area contributed by atoms with Crippen molar-refractivity contribution < 1.29 is 14.0 Å². The lowest BCUT2D eigenvalue weighted by Gasteiger charge is -2.46. The molecule has 5 rings (SSSR count). The Kier molecular flexibility index (Phi) is 6.31. The van der Waals surface area contributed by atoms with Crippen molar-refractivity contribution in [1.82, 2.24) is 34.4 Å². The van der Waals surface area contributed by atoms with E-state index in [-0.39, 0.29) is 25.0 Å². The molecule has 194 valence electrons. The van der Waals surface area contributed by atoms with E-state index in [4.69, 9.17) is 0 Å². The summed E-state index contributed by atoms with van der Waals surface area (Å²) in [7, 11) is 0. The molecule has 0 unspecified atom stereocenters. The molecular weight excluding hydrogens is 477 g/mol. The molecule has 2 aliphatic heterocycles. The van der Waals surface area contributed by atoms with E-state index in [9.17, 15) is 14.9 Å². The van der Waals surface area contributed by atoms with Crippen molar-refractivity contribution in [3.63, 3.8) is 0 Å². The summed E-state index contributed by atoms with van der Waals surface area (Å²) >= 11 is 0. The number of piperidine rings is 1. The zero-order chi connectivity index (χ0) is 26.3. The number of halogens is 1. The number of hydrogen-bond acceptors (Lipinski definition) is 7. The number of carbonyl (C=O) groups excluding carboxylic acids is 2. The van der Waals surface area contributed by atoms with E-state index < -0.39 is 11.6 Å². The van der Waals surface area contributed by atoms with Gasteiger partial charge in [0.1, 0.15) is 17.3 Å². The minimum atomic E-state index is -1.98. The Morgan fingerprint density at radius 3 is 2.62 bits per heavy atom. The van der Waals surface area contributed by atoms with Gasteiger partial charge in [0, 0.05) is 37.8 Å². The third kappa shape index (κ3) is 4.18. The molecule has 0 bridgehead atoms. The van der Waals surface area contributed by atoms with Crippen LogP contribution in [0.5, 0.6) is 0 Å². The van der Waals surface area contributed by atoms with E-state index in [1.54, 1.807) is 22.5 Å². The predicted octanol–water partition coefficient (Wildman–Crippen LogP) is 2.33. The van der Waals surface area contributed by atoms with E-state index in [1.165, 1.54) is 4.90 Å². The molecule has 0 atom stereocenters. The number of fused-ring (bicyclic) bond motifs is 1. The van der Waals surface area contributed by atoms with E-state index in [0.717, 1.165) is 22.5 Å². The minimum Gasteiger partial charge on any atom is -0.384 e. The number of nitriles is 1. The maximum atomic E-state index is 15.1. The van der Waals surface area contributed by atoms with Crippen LogP contribution in [0.1, 0.15) is 50.4 Å². The van der Waals surface area contributed by atoms with Gasteiger partial charge in [0.25, 0.3) is 5.91 Å². The number of nitrogens with zero attached hydrogens (tertiary/aromatic N) is 8. The van der Waals surface area contributed by atoms with Crippen LogP contribution >= 0.6 is 0 Å². The van der Waals surface area contributed by atoms with Crippen molar-refractivity contribution in [3.8, 4) is 17.3 Å². The van der Waals surface area contributed by atoms with Crippen LogP contribution in [0.15, 0.2) is 18.5 Å². The monoisotopic (exact) mass is 507 g/mol. The number of amides is 2. The lowest BCUT2D eigenvalue weighted by molar-refractivity contribution is -0.164. The molecule has 3 aromatic heterocycles. The van der Waals surface area contributed by atoms with E-state index >= 15 is 4.39 Å². The molecule has 0 radical (unpaired) electrons. The third-order valence-corrected chi connectivity index (χ3v) is 7.32. The normalized spacial score (nSPS) is 17.5. The molecule has 0 spiro atoms. The fourth-order valence-electron chi connectivity index (χ4n) is 5.30. The van der Waals surface area contributed by atoms with Crippen LogP contribution in [-0.4, -0.2) is 84.6 Å². The Morgan fingerprint density at radius 2 is 1.97 bits per heavy atom. The van der Waals surface area contributed by atoms with Crippen molar-refractivity contribution in [2.45, 2.75) is 51.7 Å². The van der Waals surface area contributed by atoms with Crippen molar-refractivity contribution in [3.05, 3.63) is 29.7 Å². The molecule has 2 amide bonds. The van der Waals surface area contributed by atoms with Gasteiger partial charge >= 0.3 is 0 Å². The summed E-state index contributed by atoms with van der Waals surface area (Å²) in [5.41, 5.74) is 2.45. The largest absolute Gasteiger partial charge is 0.384 e. The summed E-state index contributed by atoms with van der Waals surface area (Å²) in [5.74, 6) is -0.658. The average molecular weight is 508 g/mol. The van der Waals surface area contributed by atoms with Gasteiger partial charge < -0.3 is 15.1 Å². The fourth-order valence-corrected chi connectivity index (χ4v) is 5.30. The molecule has 0 saturated carbocycles. The Bertz CT molecular complexity index is 1390. The van der Waals surface area contributed by atoms with Crippen molar-refractivity contribution in [1.29, 1.82) is 5.26 Å². The lowest BCUT2D eigenvalue weighted by Crippen LogP contribution is -2.68. The topological polar surface area (TPSA) is 124 Å². The van der Waals surface area contributed by atoms with Crippen LogP contribution in [0, 0.1) is 18.3 Å². The number of anilines is 1. The zero-order valence-corrected chi connectivity index (χ0v) is 21.2. The Hall–Kier alpha value is -4.01. The standard InChI is InChI=1S/C25H30FN9O2/c1-4-21(36)33-14-25(26,15-33)24(37)32-8-6-19(7-9-32)35-16(3)22(30-31-35)17-10-20(28-5-2)23-18(11-27)12-29-34(23)13-17/h10,12-13,19,28H,4-9,14-15H2,1-3H3. The van der Waals surface area contributed by atoms with Crippen LogP contribution in [0.2, 0.25) is 0 Å². The Balaban J connectivity index is 1.30. The average Bonchev–Trinajstić information content (AvgIpc) is 3.49. The summed E-state index contributed by atoms with van der Waals surface area (Å²) in [6, 6.07) is 4.17. The summed E-state index contributed by atoms with van der Waals surface area (Å²) in [6.45, 7) is 6.89. The lowest BCUT2D eigenvalue weighted by atomic mass is 9.92. The molecule has 0 aromatic carbocycles. The van der Waals surface area contributed by atoms with Gasteiger partial charge in [0.2, 0.25) is 11.6 Å². The summed E-state index contributed by atoms with van der Waals surface area (Å²) in [6.07, 6.45) is 4.96. The summed E-state index contributed by atoms with van der Waals surface area (Å²) in [4.78, 5) is 27.5. The second-order valence-electron chi connectivity index (χ2n) is 9.70. The quantitative estimate of drug-likeness (QED) is 0.543. The van der Waals surface area contributed by atoms with Gasteiger partial charge in [-0.2, -0.15) is 10.4 Å². The van der Waals surface area contributed by atoms with Gasteiger partial charge in [0.15, 0.2) is 0 Å². The highest BCUT2D eigenvalue weighted by molar-refractivity contribution is 5.90. The number of pyridine rings is 1. The van der Waals surface area contributed by atoms with Crippen LogP contribution in [0.3, 0.4) is 0 Å². The number of aromatic nitrogens is 5. The minimum absolute atomic E-state index is 0.0345. The Morgan fingerprint density at radius 1 is 1.24 bits per heavy atom. The highest BCUT2D eigenvalue weighted by atomic mass is 19.1. The molecule has 5 heterocycles. The number of nitrogens with one attached hydrogen (secondary N) is 1. The molecule has 2 saturated heterocycles. The summed E-state index contributed by atoms with van der Waals surface area (Å²) < 4.78 is 18.6. The van der Waals surface area contributed by atoms with Gasteiger partial charge in [-0.1, -0.05) is 12.1 Å². The van der Waals surface area contributed by atoms with Crippen LogP contribution < -0.4 is 5.32 Å². The van der Waals surface area contributed by atoms with E-state index in [0.29, 0.717) is 50.2 Å². The third-order valence-electron chi connectivity index (χ3n) is 7.32. The maximum Gasteiger partial charge on any atom is 0.264 e.